The Bertz CT molecular complexity index is 891. The van der Waals surface area contributed by atoms with Gasteiger partial charge in [-0.05, 0) is 18.2 Å². The molecule has 0 fully saturated rings. The van der Waals surface area contributed by atoms with Crippen molar-refractivity contribution in [1.82, 2.24) is 15.0 Å². The van der Waals surface area contributed by atoms with E-state index in [1.165, 1.54) is 6.20 Å². The largest absolute Gasteiger partial charge is 0.433 e. The van der Waals surface area contributed by atoms with Gasteiger partial charge in [-0.3, -0.25) is 9.78 Å². The minimum absolute atomic E-state index is 0.158. The highest BCUT2D eigenvalue weighted by Crippen LogP contribution is 2.30. The fourth-order valence-corrected chi connectivity index (χ4v) is 2.20. The van der Waals surface area contributed by atoms with Crippen LogP contribution in [0, 0.1) is 0 Å². The molecule has 3 rings (SSSR count). The van der Waals surface area contributed by atoms with Gasteiger partial charge in [0.05, 0.1) is 22.5 Å². The number of pyridine rings is 2. The monoisotopic (exact) mass is 340 g/mol. The Labute approximate surface area is 132 Å². The van der Waals surface area contributed by atoms with Crippen molar-refractivity contribution < 1.29 is 18.0 Å². The van der Waals surface area contributed by atoms with E-state index in [9.17, 15) is 18.0 Å². The molecule has 0 atom stereocenters. The zero-order valence-electron chi connectivity index (χ0n) is 11.3. The van der Waals surface area contributed by atoms with Crippen LogP contribution in [0.5, 0.6) is 0 Å². The zero-order chi connectivity index (χ0) is 16.6. The van der Waals surface area contributed by atoms with E-state index in [1.807, 2.05) is 0 Å². The molecular formula is C14H8ClF3N4O. The Balaban J connectivity index is 1.85. The number of aromatic amines is 1. The molecule has 0 aliphatic heterocycles. The van der Waals surface area contributed by atoms with Gasteiger partial charge in [-0.1, -0.05) is 11.6 Å². The molecule has 0 aliphatic carbocycles. The fourth-order valence-electron chi connectivity index (χ4n) is 1.96. The molecule has 0 bridgehead atoms. The number of alkyl halides is 3. The predicted molar refractivity (Wildman–Crippen MR) is 78.3 cm³/mol. The Hall–Kier alpha value is -2.61. The van der Waals surface area contributed by atoms with Crippen molar-refractivity contribution in [2.75, 3.05) is 5.32 Å². The van der Waals surface area contributed by atoms with Crippen LogP contribution < -0.4 is 5.32 Å². The average Bonchev–Trinajstić information content (AvgIpc) is 2.93. The summed E-state index contributed by atoms with van der Waals surface area (Å²) >= 11 is 5.75. The first-order valence-electron chi connectivity index (χ1n) is 6.32. The molecule has 0 spiro atoms. The van der Waals surface area contributed by atoms with Crippen molar-refractivity contribution in [2.24, 2.45) is 0 Å². The topological polar surface area (TPSA) is 70.7 Å². The second kappa shape index (κ2) is 5.54. The normalized spacial score (nSPS) is 11.7. The predicted octanol–water partition coefficient (Wildman–Crippen LogP) is 3.88. The summed E-state index contributed by atoms with van der Waals surface area (Å²) in [4.78, 5) is 22.3. The van der Waals surface area contributed by atoms with E-state index in [-0.39, 0.29) is 10.6 Å². The van der Waals surface area contributed by atoms with Crippen molar-refractivity contribution in [3.05, 3.63) is 53.1 Å². The van der Waals surface area contributed by atoms with Gasteiger partial charge in [0.1, 0.15) is 11.3 Å². The van der Waals surface area contributed by atoms with Gasteiger partial charge in [0.25, 0.3) is 5.91 Å². The maximum atomic E-state index is 12.5. The molecule has 5 nitrogen and oxygen atoms in total. The summed E-state index contributed by atoms with van der Waals surface area (Å²) in [5.41, 5.74) is -0.279. The van der Waals surface area contributed by atoms with Crippen LogP contribution >= 0.6 is 11.6 Å². The van der Waals surface area contributed by atoms with Crippen LogP contribution in [0.1, 0.15) is 16.1 Å². The summed E-state index contributed by atoms with van der Waals surface area (Å²) in [5, 5.41) is 2.96. The molecule has 9 heteroatoms. The summed E-state index contributed by atoms with van der Waals surface area (Å²) in [6.45, 7) is 0. The number of amides is 1. The molecule has 0 radical (unpaired) electrons. The summed E-state index contributed by atoms with van der Waals surface area (Å²) < 4.78 is 37.6. The molecule has 23 heavy (non-hydrogen) atoms. The van der Waals surface area contributed by atoms with Gasteiger partial charge >= 0.3 is 6.18 Å². The van der Waals surface area contributed by atoms with E-state index in [2.05, 4.69) is 20.3 Å². The second-order valence-electron chi connectivity index (χ2n) is 4.64. The Morgan fingerprint density at radius 2 is 2.00 bits per heavy atom. The molecule has 3 aromatic heterocycles. The van der Waals surface area contributed by atoms with Crippen LogP contribution in [0.25, 0.3) is 11.0 Å². The maximum Gasteiger partial charge on any atom is 0.433 e. The van der Waals surface area contributed by atoms with E-state index >= 15 is 0 Å². The van der Waals surface area contributed by atoms with Crippen molar-refractivity contribution >= 4 is 34.2 Å². The molecular weight excluding hydrogens is 333 g/mol. The van der Waals surface area contributed by atoms with Crippen LogP contribution in [-0.4, -0.2) is 20.9 Å². The first kappa shape index (κ1) is 15.3. The standard InChI is InChI=1S/C14H8ClF3N4O/c15-10-4-11(14(16,17)18)20-6-9(10)13(23)22-8-3-7-1-2-19-12(7)21-5-8/h1-6H,(H,19,21)(H,22,23). The number of hydrogen-bond acceptors (Lipinski definition) is 3. The molecule has 0 aromatic carbocycles. The molecule has 0 unspecified atom stereocenters. The molecule has 0 aliphatic rings. The number of nitrogens with one attached hydrogen (secondary N) is 2. The van der Waals surface area contributed by atoms with Gasteiger partial charge in [0.15, 0.2) is 0 Å². The van der Waals surface area contributed by atoms with Crippen LogP contribution in [0.15, 0.2) is 36.8 Å². The number of halogens is 4. The quantitative estimate of drug-likeness (QED) is 0.743. The minimum Gasteiger partial charge on any atom is -0.346 e. The van der Waals surface area contributed by atoms with Gasteiger partial charge in [-0.25, -0.2) is 4.98 Å². The first-order chi connectivity index (χ1) is 10.8. The minimum atomic E-state index is -4.62. The van der Waals surface area contributed by atoms with Gasteiger partial charge in [0, 0.05) is 17.8 Å². The average molecular weight is 341 g/mol. The highest BCUT2D eigenvalue weighted by molar-refractivity contribution is 6.34. The summed E-state index contributed by atoms with van der Waals surface area (Å²) in [5.74, 6) is -0.673. The SMILES string of the molecule is O=C(Nc1cnc2[nH]ccc2c1)c1cnc(C(F)(F)F)cc1Cl. The van der Waals surface area contributed by atoms with Gasteiger partial charge < -0.3 is 10.3 Å². The lowest BCUT2D eigenvalue weighted by atomic mass is 10.2. The molecule has 118 valence electrons. The van der Waals surface area contributed by atoms with Crippen molar-refractivity contribution in [1.29, 1.82) is 0 Å². The molecule has 1 amide bonds. The van der Waals surface area contributed by atoms with Gasteiger partial charge in [0.2, 0.25) is 0 Å². The number of H-pyrrole nitrogens is 1. The van der Waals surface area contributed by atoms with Crippen molar-refractivity contribution in [3.8, 4) is 0 Å². The van der Waals surface area contributed by atoms with Gasteiger partial charge in [-0.2, -0.15) is 13.2 Å². The number of hydrogen-bond donors (Lipinski definition) is 2. The van der Waals surface area contributed by atoms with Gasteiger partial charge in [-0.15, -0.1) is 0 Å². The third kappa shape index (κ3) is 3.11. The van der Waals surface area contributed by atoms with E-state index < -0.39 is 17.8 Å². The lowest BCUT2D eigenvalue weighted by Crippen LogP contribution is -2.15. The van der Waals surface area contributed by atoms with Crippen LogP contribution in [0.4, 0.5) is 18.9 Å². The number of nitrogens with zero attached hydrogens (tertiary/aromatic N) is 2. The van der Waals surface area contributed by atoms with Crippen LogP contribution in [-0.2, 0) is 6.18 Å². The van der Waals surface area contributed by atoms with E-state index in [1.54, 1.807) is 18.3 Å². The Morgan fingerprint density at radius 3 is 2.70 bits per heavy atom. The maximum absolute atomic E-state index is 12.5. The highest BCUT2D eigenvalue weighted by atomic mass is 35.5. The Kier molecular flexibility index (Phi) is 3.69. The molecule has 3 heterocycles. The van der Waals surface area contributed by atoms with E-state index in [0.717, 1.165) is 11.6 Å². The zero-order valence-corrected chi connectivity index (χ0v) is 12.0. The first-order valence-corrected chi connectivity index (χ1v) is 6.69. The van der Waals surface area contributed by atoms with Crippen LogP contribution in [0.3, 0.4) is 0 Å². The Morgan fingerprint density at radius 1 is 1.22 bits per heavy atom. The number of anilines is 1. The highest BCUT2D eigenvalue weighted by Gasteiger charge is 2.33. The van der Waals surface area contributed by atoms with Crippen LogP contribution in [0.2, 0.25) is 5.02 Å². The smallest absolute Gasteiger partial charge is 0.346 e. The summed E-state index contributed by atoms with van der Waals surface area (Å²) in [7, 11) is 0. The lowest BCUT2D eigenvalue weighted by molar-refractivity contribution is -0.141. The summed E-state index contributed by atoms with van der Waals surface area (Å²) in [6.07, 6.45) is -0.716. The number of carbonyl (C=O) groups excluding carboxylic acids is 1. The molecule has 0 saturated carbocycles. The van der Waals surface area contributed by atoms with Crippen molar-refractivity contribution in [2.45, 2.75) is 6.18 Å². The number of carbonyl (C=O) groups is 1. The number of aromatic nitrogens is 3. The lowest BCUT2D eigenvalue weighted by Gasteiger charge is -2.09. The van der Waals surface area contributed by atoms with E-state index in [0.29, 0.717) is 17.4 Å². The number of rotatable bonds is 2. The van der Waals surface area contributed by atoms with Crippen molar-refractivity contribution in [3.63, 3.8) is 0 Å². The summed E-state index contributed by atoms with van der Waals surface area (Å²) in [6, 6.07) is 4.05. The second-order valence-corrected chi connectivity index (χ2v) is 5.05. The number of fused-ring (bicyclic) bond motifs is 1. The molecule has 0 saturated heterocycles. The fraction of sp³-hybridized carbons (Fsp3) is 0.0714. The molecule has 3 aromatic rings. The third-order valence-corrected chi connectivity index (χ3v) is 3.36. The molecule has 2 N–H and O–H groups in total. The van der Waals surface area contributed by atoms with E-state index in [4.69, 9.17) is 11.6 Å². The third-order valence-electron chi connectivity index (χ3n) is 3.05.